The first-order valence-electron chi connectivity index (χ1n) is 5.28. The van der Waals surface area contributed by atoms with Crippen molar-refractivity contribution in [3.8, 4) is 0 Å². The maximum absolute atomic E-state index is 11.9. The van der Waals surface area contributed by atoms with Crippen LogP contribution in [0.15, 0.2) is 24.3 Å². The Morgan fingerprint density at radius 2 is 2.20 bits per heavy atom. The van der Waals surface area contributed by atoms with Gasteiger partial charge in [0.05, 0.1) is 6.04 Å². The molecular formula is C12H16N2O. The van der Waals surface area contributed by atoms with Gasteiger partial charge in [-0.1, -0.05) is 18.2 Å². The van der Waals surface area contributed by atoms with E-state index in [1.165, 1.54) is 5.56 Å². The molecule has 2 N–H and O–H groups in total. The molecule has 0 aliphatic carbocycles. The molecule has 0 saturated heterocycles. The van der Waals surface area contributed by atoms with E-state index >= 15 is 0 Å². The maximum atomic E-state index is 11.9. The van der Waals surface area contributed by atoms with Gasteiger partial charge in [-0.2, -0.15) is 0 Å². The fraction of sp³-hybridized carbons (Fsp3) is 0.417. The highest BCUT2D eigenvalue weighted by Gasteiger charge is 2.31. The van der Waals surface area contributed by atoms with E-state index in [9.17, 15) is 4.79 Å². The Bertz CT molecular complexity index is 387. The molecule has 1 aromatic carbocycles. The minimum atomic E-state index is -0.432. The highest BCUT2D eigenvalue weighted by Crippen LogP contribution is 2.31. The Kier molecular flexibility index (Phi) is 2.49. The number of carbonyl (C=O) groups is 1. The molecule has 1 aliphatic rings. The molecule has 0 fully saturated rings. The third-order valence-electron chi connectivity index (χ3n) is 2.83. The fourth-order valence-electron chi connectivity index (χ4n) is 2.12. The molecular weight excluding hydrogens is 188 g/mol. The van der Waals surface area contributed by atoms with Crippen LogP contribution in [0.5, 0.6) is 0 Å². The molecule has 3 heteroatoms. The van der Waals surface area contributed by atoms with Crippen molar-refractivity contribution in [3.63, 3.8) is 0 Å². The van der Waals surface area contributed by atoms with Crippen molar-refractivity contribution >= 4 is 11.6 Å². The van der Waals surface area contributed by atoms with Gasteiger partial charge in [-0.15, -0.1) is 0 Å². The molecule has 2 atom stereocenters. The predicted octanol–water partition coefficient (Wildman–Crippen LogP) is 1.31. The molecule has 0 unspecified atom stereocenters. The number of hydrogen-bond donors (Lipinski definition) is 1. The summed E-state index contributed by atoms with van der Waals surface area (Å²) in [5.41, 5.74) is 7.90. The predicted molar refractivity (Wildman–Crippen MR) is 60.7 cm³/mol. The lowest BCUT2D eigenvalue weighted by Crippen LogP contribution is -2.45. The molecule has 80 valence electrons. The number of carbonyl (C=O) groups excluding carboxylic acids is 1. The third kappa shape index (κ3) is 1.63. The van der Waals surface area contributed by atoms with E-state index < -0.39 is 6.04 Å². The number of nitrogens with two attached hydrogens (primary N) is 1. The second-order valence-corrected chi connectivity index (χ2v) is 4.18. The lowest BCUT2D eigenvalue weighted by atomic mass is 10.1. The quantitative estimate of drug-likeness (QED) is 0.749. The first kappa shape index (κ1) is 10.2. The van der Waals surface area contributed by atoms with Gasteiger partial charge in [0.15, 0.2) is 0 Å². The lowest BCUT2D eigenvalue weighted by molar-refractivity contribution is -0.119. The fourth-order valence-corrected chi connectivity index (χ4v) is 2.12. The van der Waals surface area contributed by atoms with Crippen LogP contribution in [0.1, 0.15) is 19.4 Å². The van der Waals surface area contributed by atoms with Crippen molar-refractivity contribution in [3.05, 3.63) is 29.8 Å². The number of fused-ring (bicyclic) bond motifs is 1. The molecule has 0 radical (unpaired) electrons. The number of amides is 1. The molecule has 2 rings (SSSR count). The van der Waals surface area contributed by atoms with Crippen LogP contribution in [-0.2, 0) is 11.2 Å². The van der Waals surface area contributed by atoms with E-state index in [1.54, 1.807) is 6.92 Å². The number of hydrogen-bond acceptors (Lipinski definition) is 2. The molecule has 3 nitrogen and oxygen atoms in total. The molecule has 1 amide bonds. The summed E-state index contributed by atoms with van der Waals surface area (Å²) in [5.74, 6) is 0.00690. The van der Waals surface area contributed by atoms with E-state index in [2.05, 4.69) is 13.0 Å². The van der Waals surface area contributed by atoms with Gasteiger partial charge in [0.1, 0.15) is 0 Å². The van der Waals surface area contributed by atoms with Crippen molar-refractivity contribution < 1.29 is 4.79 Å². The Morgan fingerprint density at radius 3 is 2.87 bits per heavy atom. The standard InChI is InChI=1S/C12H16N2O/c1-8-7-10-5-3-4-6-11(10)14(8)12(15)9(2)13/h3-6,8-9H,7,13H2,1-2H3/t8-,9-/m1/s1. The van der Waals surface area contributed by atoms with Crippen molar-refractivity contribution in [2.75, 3.05) is 4.90 Å². The Morgan fingerprint density at radius 1 is 1.53 bits per heavy atom. The van der Waals surface area contributed by atoms with Gasteiger partial charge < -0.3 is 10.6 Å². The summed E-state index contributed by atoms with van der Waals surface area (Å²) in [4.78, 5) is 13.7. The average molecular weight is 204 g/mol. The summed E-state index contributed by atoms with van der Waals surface area (Å²) in [6, 6.07) is 7.81. The van der Waals surface area contributed by atoms with Crippen molar-refractivity contribution in [1.29, 1.82) is 0 Å². The number of benzene rings is 1. The average Bonchev–Trinajstić information content (AvgIpc) is 2.52. The highest BCUT2D eigenvalue weighted by molar-refractivity contribution is 5.99. The molecule has 1 heterocycles. The first-order chi connectivity index (χ1) is 7.11. The van der Waals surface area contributed by atoms with Crippen LogP contribution >= 0.6 is 0 Å². The molecule has 0 bridgehead atoms. The van der Waals surface area contributed by atoms with E-state index in [1.807, 2.05) is 23.1 Å². The zero-order valence-electron chi connectivity index (χ0n) is 9.10. The lowest BCUT2D eigenvalue weighted by Gasteiger charge is -2.24. The van der Waals surface area contributed by atoms with Gasteiger partial charge in [-0.3, -0.25) is 4.79 Å². The molecule has 1 aromatic rings. The smallest absolute Gasteiger partial charge is 0.243 e. The van der Waals surface area contributed by atoms with Gasteiger partial charge in [0.2, 0.25) is 5.91 Å². The zero-order valence-corrected chi connectivity index (χ0v) is 9.10. The van der Waals surface area contributed by atoms with Crippen LogP contribution in [0.4, 0.5) is 5.69 Å². The van der Waals surface area contributed by atoms with Gasteiger partial charge in [0, 0.05) is 11.7 Å². The zero-order chi connectivity index (χ0) is 11.0. The summed E-state index contributed by atoms with van der Waals surface area (Å²) in [6.45, 7) is 3.79. The van der Waals surface area contributed by atoms with Gasteiger partial charge in [-0.25, -0.2) is 0 Å². The van der Waals surface area contributed by atoms with E-state index in [0.29, 0.717) is 0 Å². The van der Waals surface area contributed by atoms with Crippen molar-refractivity contribution in [2.45, 2.75) is 32.4 Å². The van der Waals surface area contributed by atoms with Crippen LogP contribution in [0.25, 0.3) is 0 Å². The minimum absolute atomic E-state index is 0.00690. The Hall–Kier alpha value is -1.35. The first-order valence-corrected chi connectivity index (χ1v) is 5.28. The summed E-state index contributed by atoms with van der Waals surface area (Å²) >= 11 is 0. The normalized spacial score (nSPS) is 21.3. The third-order valence-corrected chi connectivity index (χ3v) is 2.83. The SMILES string of the molecule is C[C@@H]1Cc2ccccc2N1C(=O)[C@@H](C)N. The summed E-state index contributed by atoms with van der Waals surface area (Å²) < 4.78 is 0. The number of rotatable bonds is 1. The van der Waals surface area contributed by atoms with Gasteiger partial charge in [-0.05, 0) is 31.9 Å². The Balaban J connectivity index is 2.38. The number of nitrogens with zero attached hydrogens (tertiary/aromatic N) is 1. The largest absolute Gasteiger partial charge is 0.320 e. The monoisotopic (exact) mass is 204 g/mol. The summed E-state index contributed by atoms with van der Waals surface area (Å²) in [5, 5.41) is 0. The van der Waals surface area contributed by atoms with E-state index in [-0.39, 0.29) is 11.9 Å². The van der Waals surface area contributed by atoms with Crippen LogP contribution in [0.2, 0.25) is 0 Å². The summed E-state index contributed by atoms with van der Waals surface area (Å²) in [7, 11) is 0. The van der Waals surface area contributed by atoms with Crippen LogP contribution < -0.4 is 10.6 Å². The summed E-state index contributed by atoms with van der Waals surface area (Å²) in [6.07, 6.45) is 0.925. The number of anilines is 1. The topological polar surface area (TPSA) is 46.3 Å². The molecule has 0 saturated carbocycles. The minimum Gasteiger partial charge on any atom is -0.320 e. The maximum Gasteiger partial charge on any atom is 0.243 e. The van der Waals surface area contributed by atoms with Crippen LogP contribution in [0, 0.1) is 0 Å². The Labute approximate surface area is 89.9 Å². The van der Waals surface area contributed by atoms with E-state index in [0.717, 1.165) is 12.1 Å². The van der Waals surface area contributed by atoms with Crippen molar-refractivity contribution in [2.24, 2.45) is 5.73 Å². The second-order valence-electron chi connectivity index (χ2n) is 4.18. The van der Waals surface area contributed by atoms with Gasteiger partial charge >= 0.3 is 0 Å². The molecule has 0 spiro atoms. The van der Waals surface area contributed by atoms with Gasteiger partial charge in [0.25, 0.3) is 0 Å². The highest BCUT2D eigenvalue weighted by atomic mass is 16.2. The number of para-hydroxylation sites is 1. The van der Waals surface area contributed by atoms with E-state index in [4.69, 9.17) is 5.73 Å². The van der Waals surface area contributed by atoms with Crippen molar-refractivity contribution in [1.82, 2.24) is 0 Å². The molecule has 15 heavy (non-hydrogen) atoms. The molecule has 0 aromatic heterocycles. The second kappa shape index (κ2) is 3.66. The van der Waals surface area contributed by atoms with Crippen LogP contribution in [-0.4, -0.2) is 18.0 Å². The van der Waals surface area contributed by atoms with Crippen LogP contribution in [0.3, 0.4) is 0 Å². The molecule has 1 aliphatic heterocycles.